The van der Waals surface area contributed by atoms with E-state index in [0.717, 1.165) is 6.07 Å². The van der Waals surface area contributed by atoms with E-state index in [4.69, 9.17) is 5.73 Å². The van der Waals surface area contributed by atoms with Gasteiger partial charge in [-0.1, -0.05) is 11.8 Å². The first-order chi connectivity index (χ1) is 8.54. The van der Waals surface area contributed by atoms with Crippen LogP contribution in [0.2, 0.25) is 0 Å². The molecule has 0 aliphatic carbocycles. The zero-order valence-electron chi connectivity index (χ0n) is 9.34. The van der Waals surface area contributed by atoms with Crippen LogP contribution >= 0.6 is 0 Å². The molecule has 1 rings (SSSR count). The summed E-state index contributed by atoms with van der Waals surface area (Å²) in [5, 5.41) is 1.92. The predicted octanol–water partition coefficient (Wildman–Crippen LogP) is 1.13. The summed E-state index contributed by atoms with van der Waals surface area (Å²) in [5.74, 6) is 3.43. The van der Waals surface area contributed by atoms with Gasteiger partial charge >= 0.3 is 0 Å². The number of halogens is 3. The Morgan fingerprint density at radius 3 is 2.72 bits per heavy atom. The van der Waals surface area contributed by atoms with Gasteiger partial charge in [0.05, 0.1) is 18.7 Å². The molecule has 1 aromatic carbocycles. The van der Waals surface area contributed by atoms with Crippen molar-refractivity contribution in [2.75, 3.05) is 13.1 Å². The molecule has 0 fully saturated rings. The first kappa shape index (κ1) is 14.1. The number of amides is 1. The maximum absolute atomic E-state index is 13.5. The first-order valence-corrected chi connectivity index (χ1v) is 5.09. The molecule has 0 radical (unpaired) electrons. The lowest BCUT2D eigenvalue weighted by molar-refractivity contribution is 0.0888. The van der Waals surface area contributed by atoms with Crippen molar-refractivity contribution >= 4 is 5.91 Å². The molecule has 0 bridgehead atoms. The highest BCUT2D eigenvalue weighted by atomic mass is 19.3. The van der Waals surface area contributed by atoms with Gasteiger partial charge in [0.25, 0.3) is 12.3 Å². The molecule has 3 N–H and O–H groups in total. The number of alkyl halides is 2. The molecule has 3 nitrogen and oxygen atoms in total. The summed E-state index contributed by atoms with van der Waals surface area (Å²) in [6.45, 7) is -0.675. The fourth-order valence-corrected chi connectivity index (χ4v) is 1.20. The molecule has 96 valence electrons. The Morgan fingerprint density at radius 1 is 1.44 bits per heavy atom. The van der Waals surface area contributed by atoms with Crippen LogP contribution in [0.15, 0.2) is 18.2 Å². The fourth-order valence-electron chi connectivity index (χ4n) is 1.20. The minimum atomic E-state index is -2.67. The van der Waals surface area contributed by atoms with Crippen molar-refractivity contribution in [1.29, 1.82) is 0 Å². The average molecular weight is 256 g/mol. The lowest BCUT2D eigenvalue weighted by atomic mass is 10.1. The summed E-state index contributed by atoms with van der Waals surface area (Å²) in [4.78, 5) is 11.4. The smallest absolute Gasteiger partial charge is 0.255 e. The number of rotatable bonds is 3. The molecule has 0 aliphatic rings. The molecule has 0 atom stereocenters. The number of nitrogens with two attached hydrogens (primary N) is 1. The van der Waals surface area contributed by atoms with E-state index in [-0.39, 0.29) is 12.1 Å². The molecular formula is C12H11F3N2O. The van der Waals surface area contributed by atoms with Crippen molar-refractivity contribution < 1.29 is 18.0 Å². The monoisotopic (exact) mass is 256 g/mol. The zero-order valence-corrected chi connectivity index (χ0v) is 9.34. The maximum Gasteiger partial charge on any atom is 0.255 e. The second kappa shape index (κ2) is 6.67. The summed E-state index contributed by atoms with van der Waals surface area (Å²) in [6.07, 6.45) is -2.67. The summed E-state index contributed by atoms with van der Waals surface area (Å²) in [7, 11) is 0. The van der Waals surface area contributed by atoms with Gasteiger partial charge in [-0.3, -0.25) is 4.79 Å². The van der Waals surface area contributed by atoms with Crippen LogP contribution < -0.4 is 11.1 Å². The molecule has 6 heteroatoms. The first-order valence-electron chi connectivity index (χ1n) is 5.09. The lowest BCUT2D eigenvalue weighted by Crippen LogP contribution is -2.29. The highest BCUT2D eigenvalue weighted by Gasteiger charge is 2.13. The number of carbonyl (C=O) groups is 1. The number of carbonyl (C=O) groups excluding carboxylic acids is 1. The van der Waals surface area contributed by atoms with Gasteiger partial charge in [-0.25, -0.2) is 13.2 Å². The molecule has 0 heterocycles. The maximum atomic E-state index is 13.5. The number of benzene rings is 1. The minimum Gasteiger partial charge on any atom is -0.346 e. The van der Waals surface area contributed by atoms with E-state index in [9.17, 15) is 18.0 Å². The third-order valence-electron chi connectivity index (χ3n) is 1.97. The second-order valence-corrected chi connectivity index (χ2v) is 3.30. The van der Waals surface area contributed by atoms with Crippen LogP contribution in [0.1, 0.15) is 15.9 Å². The van der Waals surface area contributed by atoms with Crippen LogP contribution in [0.4, 0.5) is 13.2 Å². The van der Waals surface area contributed by atoms with Crippen LogP contribution in [0.3, 0.4) is 0 Å². The molecule has 0 spiro atoms. The average Bonchev–Trinajstić information content (AvgIpc) is 2.33. The van der Waals surface area contributed by atoms with Crippen molar-refractivity contribution in [3.8, 4) is 11.8 Å². The molecule has 18 heavy (non-hydrogen) atoms. The van der Waals surface area contributed by atoms with Crippen molar-refractivity contribution in [3.63, 3.8) is 0 Å². The normalized spacial score (nSPS) is 9.83. The Kier molecular flexibility index (Phi) is 5.21. The number of hydrogen-bond donors (Lipinski definition) is 2. The van der Waals surface area contributed by atoms with Crippen molar-refractivity contribution in [2.45, 2.75) is 6.43 Å². The zero-order chi connectivity index (χ0) is 13.5. The summed E-state index contributed by atoms with van der Waals surface area (Å²) < 4.78 is 37.3. The van der Waals surface area contributed by atoms with Gasteiger partial charge < -0.3 is 11.1 Å². The van der Waals surface area contributed by atoms with Crippen molar-refractivity contribution in [2.24, 2.45) is 5.73 Å². The van der Waals surface area contributed by atoms with Gasteiger partial charge in [0.1, 0.15) is 5.82 Å². The van der Waals surface area contributed by atoms with Crippen molar-refractivity contribution in [1.82, 2.24) is 5.32 Å². The van der Waals surface area contributed by atoms with Gasteiger partial charge in [-0.05, 0) is 18.2 Å². The van der Waals surface area contributed by atoms with Gasteiger partial charge in [0.15, 0.2) is 0 Å². The lowest BCUT2D eigenvalue weighted by Gasteiger charge is -2.05. The predicted molar refractivity (Wildman–Crippen MR) is 60.7 cm³/mol. The van der Waals surface area contributed by atoms with E-state index in [2.05, 4.69) is 11.8 Å². The Balaban J connectivity index is 2.82. The van der Waals surface area contributed by atoms with Gasteiger partial charge in [0.2, 0.25) is 0 Å². The van der Waals surface area contributed by atoms with E-state index in [0.29, 0.717) is 5.56 Å². The summed E-state index contributed by atoms with van der Waals surface area (Å²) in [6, 6.07) is 3.67. The third kappa shape index (κ3) is 4.11. The fraction of sp³-hybridized carbons (Fsp3) is 0.250. The quantitative estimate of drug-likeness (QED) is 0.796. The second-order valence-electron chi connectivity index (χ2n) is 3.30. The highest BCUT2D eigenvalue weighted by molar-refractivity contribution is 5.94. The van der Waals surface area contributed by atoms with Crippen LogP contribution in [0, 0.1) is 17.7 Å². The largest absolute Gasteiger partial charge is 0.346 e. The molecule has 0 unspecified atom stereocenters. The molecule has 0 aromatic heterocycles. The minimum absolute atomic E-state index is 0.137. The standard InChI is InChI=1S/C12H11F3N2O/c13-10-6-8(2-1-5-16)3-4-9(10)12(18)17-7-11(14)15/h3-4,6,11H,5,7,16H2,(H,17,18). The Hall–Kier alpha value is -2.00. The molecule has 1 aromatic rings. The summed E-state index contributed by atoms with van der Waals surface area (Å²) >= 11 is 0. The van der Waals surface area contributed by atoms with Crippen LogP contribution in [0.25, 0.3) is 0 Å². The molecule has 0 aliphatic heterocycles. The summed E-state index contributed by atoms with van der Waals surface area (Å²) in [5.41, 5.74) is 5.22. The molecular weight excluding hydrogens is 245 g/mol. The van der Waals surface area contributed by atoms with E-state index in [1.807, 2.05) is 5.32 Å². The van der Waals surface area contributed by atoms with Crippen LogP contribution in [-0.2, 0) is 0 Å². The molecule has 1 amide bonds. The van der Waals surface area contributed by atoms with E-state index in [1.165, 1.54) is 12.1 Å². The Labute approximate surface area is 102 Å². The third-order valence-corrected chi connectivity index (χ3v) is 1.97. The Bertz CT molecular complexity index is 492. The highest BCUT2D eigenvalue weighted by Crippen LogP contribution is 2.10. The Morgan fingerprint density at radius 2 is 2.17 bits per heavy atom. The van der Waals surface area contributed by atoms with Gasteiger partial charge in [-0.2, -0.15) is 0 Å². The van der Waals surface area contributed by atoms with E-state index >= 15 is 0 Å². The van der Waals surface area contributed by atoms with E-state index in [1.54, 1.807) is 0 Å². The van der Waals surface area contributed by atoms with E-state index < -0.39 is 24.7 Å². The van der Waals surface area contributed by atoms with Crippen LogP contribution in [-0.4, -0.2) is 25.4 Å². The van der Waals surface area contributed by atoms with Crippen molar-refractivity contribution in [3.05, 3.63) is 35.1 Å². The molecule has 0 saturated heterocycles. The number of nitrogens with one attached hydrogen (secondary N) is 1. The topological polar surface area (TPSA) is 55.1 Å². The number of hydrogen-bond acceptors (Lipinski definition) is 2. The van der Waals surface area contributed by atoms with Crippen LogP contribution in [0.5, 0.6) is 0 Å². The molecule has 0 saturated carbocycles. The van der Waals surface area contributed by atoms with Gasteiger partial charge in [-0.15, -0.1) is 0 Å². The van der Waals surface area contributed by atoms with Gasteiger partial charge in [0, 0.05) is 5.56 Å². The SMILES string of the molecule is NCC#Cc1ccc(C(=O)NCC(F)F)c(F)c1.